The zero-order valence-electron chi connectivity index (χ0n) is 5.58. The smallest absolute Gasteiger partial charge is 0.163 e. The molecule has 1 aliphatic rings. The Morgan fingerprint density at radius 3 is 2.27 bits per heavy atom. The summed E-state index contributed by atoms with van der Waals surface area (Å²) in [5.74, 6) is 0. The van der Waals surface area contributed by atoms with Gasteiger partial charge >= 0.3 is 0 Å². The van der Waals surface area contributed by atoms with Crippen LogP contribution >= 0.6 is 23.2 Å². The van der Waals surface area contributed by atoms with Gasteiger partial charge in [-0.2, -0.15) is 0 Å². The number of alkyl halides is 2. The average Bonchev–Trinajstić information content (AvgIpc) is 2.14. The summed E-state index contributed by atoms with van der Waals surface area (Å²) in [6, 6.07) is -0.960. The van der Waals surface area contributed by atoms with Crippen LogP contribution in [0.3, 0.4) is 0 Å². The van der Waals surface area contributed by atoms with Crippen LogP contribution in [0, 0.1) is 0 Å². The molecule has 0 aromatic carbocycles. The maximum Gasteiger partial charge on any atom is 0.163 e. The Morgan fingerprint density at radius 2 is 2.09 bits per heavy atom. The van der Waals surface area contributed by atoms with Crippen LogP contribution in [-0.4, -0.2) is 47.2 Å². The zero-order valence-corrected chi connectivity index (χ0v) is 7.09. The molecular formula is C5H7BCl2O3. The first kappa shape index (κ1) is 9.61. The van der Waals surface area contributed by atoms with Crippen LogP contribution in [0.15, 0.2) is 0 Å². The lowest BCUT2D eigenvalue weighted by molar-refractivity contribution is -0.00422. The van der Waals surface area contributed by atoms with Gasteiger partial charge in [-0.25, -0.2) is 0 Å². The lowest BCUT2D eigenvalue weighted by atomic mass is 9.95. The van der Waals surface area contributed by atoms with E-state index < -0.39 is 22.5 Å². The lowest BCUT2D eigenvalue weighted by Gasteiger charge is -2.19. The van der Waals surface area contributed by atoms with Crippen molar-refractivity contribution in [2.75, 3.05) is 6.61 Å². The van der Waals surface area contributed by atoms with Crippen molar-refractivity contribution in [3.8, 4) is 0 Å². The molecule has 0 amide bonds. The van der Waals surface area contributed by atoms with Crippen molar-refractivity contribution in [3.63, 3.8) is 0 Å². The zero-order chi connectivity index (χ0) is 8.65. The molecule has 1 aliphatic heterocycles. The first-order chi connectivity index (χ1) is 5.00. The van der Waals surface area contributed by atoms with Gasteiger partial charge in [0.05, 0.1) is 12.6 Å². The highest BCUT2D eigenvalue weighted by Gasteiger charge is 2.51. The SMILES string of the molecule is [B][C@@H]1O[C@H](CO)[C@@H](O)C1(Cl)Cl. The maximum absolute atomic E-state index is 9.26. The third-order valence-corrected chi connectivity index (χ3v) is 2.50. The Labute approximate surface area is 75.7 Å². The maximum atomic E-state index is 9.26. The minimum Gasteiger partial charge on any atom is -0.394 e. The van der Waals surface area contributed by atoms with Crippen molar-refractivity contribution in [2.24, 2.45) is 0 Å². The van der Waals surface area contributed by atoms with E-state index in [1.165, 1.54) is 0 Å². The molecule has 2 N–H and O–H groups in total. The Kier molecular flexibility index (Phi) is 2.72. The third kappa shape index (κ3) is 1.51. The second-order valence-electron chi connectivity index (χ2n) is 2.40. The molecule has 62 valence electrons. The molecule has 0 spiro atoms. The van der Waals surface area contributed by atoms with E-state index >= 15 is 0 Å². The molecule has 1 heterocycles. The fraction of sp³-hybridized carbons (Fsp3) is 1.00. The van der Waals surface area contributed by atoms with Gasteiger partial charge in [0.15, 0.2) is 4.33 Å². The third-order valence-electron chi connectivity index (χ3n) is 1.63. The number of halogens is 2. The fourth-order valence-corrected chi connectivity index (χ4v) is 1.30. The normalized spacial score (nSPS) is 42.7. The summed E-state index contributed by atoms with van der Waals surface area (Å²) in [5.41, 5.74) is 0. The largest absolute Gasteiger partial charge is 0.394 e. The van der Waals surface area contributed by atoms with E-state index in [0.29, 0.717) is 0 Å². The molecule has 6 heteroatoms. The molecule has 0 aromatic heterocycles. The van der Waals surface area contributed by atoms with E-state index in [9.17, 15) is 5.11 Å². The summed E-state index contributed by atoms with van der Waals surface area (Å²) in [4.78, 5) is 0. The quantitative estimate of drug-likeness (QED) is 0.436. The molecule has 1 rings (SSSR count). The van der Waals surface area contributed by atoms with Crippen LogP contribution < -0.4 is 0 Å². The van der Waals surface area contributed by atoms with E-state index in [4.69, 9.17) is 40.9 Å². The van der Waals surface area contributed by atoms with Gasteiger partial charge in [0, 0.05) is 0 Å². The Balaban J connectivity index is 2.71. The Morgan fingerprint density at radius 1 is 1.55 bits per heavy atom. The van der Waals surface area contributed by atoms with Crippen LogP contribution in [0.5, 0.6) is 0 Å². The standard InChI is InChI=1S/C5H7BCl2O3/c6-4-5(7,8)3(10)2(1-9)11-4/h2-4,9-10H,1H2/t2-,3-,4-/m1/s1. The van der Waals surface area contributed by atoms with Gasteiger partial charge < -0.3 is 14.9 Å². The molecular weight excluding hydrogens is 190 g/mol. The molecule has 0 bridgehead atoms. The van der Waals surface area contributed by atoms with Crippen LogP contribution in [0.1, 0.15) is 0 Å². The molecule has 2 radical (unpaired) electrons. The molecule has 1 fully saturated rings. The summed E-state index contributed by atoms with van der Waals surface area (Å²) < 4.78 is 3.33. The summed E-state index contributed by atoms with van der Waals surface area (Å²) in [6.07, 6.45) is -1.94. The first-order valence-corrected chi connectivity index (χ1v) is 3.83. The van der Waals surface area contributed by atoms with Crippen LogP contribution in [0.2, 0.25) is 0 Å². The Bertz CT molecular complexity index is 155. The summed E-state index contributed by atoms with van der Waals surface area (Å²) in [5, 5.41) is 17.9. The monoisotopic (exact) mass is 196 g/mol. The molecule has 3 nitrogen and oxygen atoms in total. The summed E-state index contributed by atoms with van der Waals surface area (Å²) in [7, 11) is 5.31. The van der Waals surface area contributed by atoms with E-state index in [2.05, 4.69) is 0 Å². The summed E-state index contributed by atoms with van der Waals surface area (Å²) in [6.45, 7) is -0.351. The van der Waals surface area contributed by atoms with Gasteiger partial charge in [-0.05, 0) is 0 Å². The van der Waals surface area contributed by atoms with E-state index in [0.717, 1.165) is 0 Å². The minimum absolute atomic E-state index is 0.351. The molecule has 0 aliphatic carbocycles. The summed E-state index contributed by atoms with van der Waals surface area (Å²) >= 11 is 11.2. The predicted molar refractivity (Wildman–Crippen MR) is 41.9 cm³/mol. The first-order valence-electron chi connectivity index (χ1n) is 3.08. The van der Waals surface area contributed by atoms with Crippen molar-refractivity contribution >= 4 is 31.0 Å². The fourth-order valence-electron chi connectivity index (χ4n) is 0.912. The van der Waals surface area contributed by atoms with Crippen molar-refractivity contribution in [2.45, 2.75) is 22.5 Å². The molecule has 3 atom stereocenters. The van der Waals surface area contributed by atoms with Gasteiger partial charge in [-0.15, -0.1) is 0 Å². The van der Waals surface area contributed by atoms with Gasteiger partial charge in [0.1, 0.15) is 20.1 Å². The van der Waals surface area contributed by atoms with Crippen molar-refractivity contribution in [3.05, 3.63) is 0 Å². The lowest BCUT2D eigenvalue weighted by Crippen LogP contribution is -2.38. The molecule has 0 aromatic rings. The van der Waals surface area contributed by atoms with Gasteiger partial charge in [0.2, 0.25) is 0 Å². The number of rotatable bonds is 1. The second kappa shape index (κ2) is 3.11. The van der Waals surface area contributed by atoms with Gasteiger partial charge in [-0.1, -0.05) is 23.2 Å². The highest BCUT2D eigenvalue weighted by Crippen LogP contribution is 2.38. The minimum atomic E-state index is -1.52. The second-order valence-corrected chi connectivity index (χ2v) is 3.84. The number of aliphatic hydroxyl groups excluding tert-OH is 2. The number of aliphatic hydroxyl groups is 2. The molecule has 0 saturated carbocycles. The van der Waals surface area contributed by atoms with Crippen molar-refractivity contribution < 1.29 is 14.9 Å². The van der Waals surface area contributed by atoms with Crippen LogP contribution in [-0.2, 0) is 4.74 Å². The highest BCUT2D eigenvalue weighted by atomic mass is 35.5. The predicted octanol–water partition coefficient (Wildman–Crippen LogP) is -0.593. The highest BCUT2D eigenvalue weighted by molar-refractivity contribution is 6.52. The van der Waals surface area contributed by atoms with E-state index in [1.807, 2.05) is 0 Å². The molecule has 0 unspecified atom stereocenters. The number of ether oxygens (including phenoxy) is 1. The van der Waals surface area contributed by atoms with Crippen molar-refractivity contribution in [1.29, 1.82) is 0 Å². The van der Waals surface area contributed by atoms with Gasteiger partial charge in [0.25, 0.3) is 0 Å². The van der Waals surface area contributed by atoms with E-state index in [-0.39, 0.29) is 6.61 Å². The molecule has 1 saturated heterocycles. The average molecular weight is 197 g/mol. The Hall–Kier alpha value is 0.525. The topological polar surface area (TPSA) is 49.7 Å². The van der Waals surface area contributed by atoms with Crippen LogP contribution in [0.4, 0.5) is 0 Å². The van der Waals surface area contributed by atoms with E-state index in [1.54, 1.807) is 0 Å². The van der Waals surface area contributed by atoms with Gasteiger partial charge in [-0.3, -0.25) is 0 Å². The number of hydrogen-bond donors (Lipinski definition) is 2. The van der Waals surface area contributed by atoms with Crippen molar-refractivity contribution in [1.82, 2.24) is 0 Å². The van der Waals surface area contributed by atoms with Crippen LogP contribution in [0.25, 0.3) is 0 Å². The number of hydrogen-bond acceptors (Lipinski definition) is 3. The molecule has 11 heavy (non-hydrogen) atoms.